The Balaban J connectivity index is 2.70. The van der Waals surface area contributed by atoms with Gasteiger partial charge in [-0.05, 0) is 0 Å². The molecule has 0 saturated carbocycles. The van der Waals surface area contributed by atoms with Gasteiger partial charge in [-0.1, -0.05) is 0 Å². The van der Waals surface area contributed by atoms with Crippen molar-refractivity contribution in [1.29, 1.82) is 0 Å². The standard InChI is InChI=1S/C9H15N3O6/c10-4-1-16-8(14)5(11)2-18-9(15)6(12)3-17-7(4)13/h4-6H,1-3,10-12H2/t4-,5-,6?/m0/s1. The Bertz CT molecular complexity index is 295. The molecule has 0 aliphatic carbocycles. The molecule has 1 fully saturated rings. The summed E-state index contributed by atoms with van der Waals surface area (Å²) in [4.78, 5) is 33.9. The zero-order valence-corrected chi connectivity index (χ0v) is 9.53. The van der Waals surface area contributed by atoms with Crippen LogP contribution in [0.25, 0.3) is 0 Å². The first kappa shape index (κ1) is 14.4. The maximum absolute atomic E-state index is 11.3. The fourth-order valence-electron chi connectivity index (χ4n) is 1.04. The third-order valence-electron chi connectivity index (χ3n) is 2.12. The molecule has 1 aliphatic rings. The number of ether oxygens (including phenoxy) is 3. The van der Waals surface area contributed by atoms with E-state index in [4.69, 9.17) is 17.2 Å². The molecule has 6 N–H and O–H groups in total. The van der Waals surface area contributed by atoms with E-state index in [0.29, 0.717) is 0 Å². The summed E-state index contributed by atoms with van der Waals surface area (Å²) in [5.41, 5.74) is 16.2. The van der Waals surface area contributed by atoms with Gasteiger partial charge >= 0.3 is 17.9 Å². The van der Waals surface area contributed by atoms with Crippen molar-refractivity contribution in [1.82, 2.24) is 0 Å². The monoisotopic (exact) mass is 261 g/mol. The molecule has 3 atom stereocenters. The molecule has 1 unspecified atom stereocenters. The van der Waals surface area contributed by atoms with Gasteiger partial charge in [0.15, 0.2) is 0 Å². The van der Waals surface area contributed by atoms with Crippen molar-refractivity contribution in [3.8, 4) is 0 Å². The maximum atomic E-state index is 11.3. The molecule has 1 heterocycles. The highest BCUT2D eigenvalue weighted by molar-refractivity contribution is 5.80. The minimum absolute atomic E-state index is 0.367. The normalized spacial score (nSPS) is 31.5. The number of carbonyl (C=O) groups is 3. The largest absolute Gasteiger partial charge is 0.462 e. The summed E-state index contributed by atoms with van der Waals surface area (Å²) in [6, 6.07) is -3.45. The summed E-state index contributed by atoms with van der Waals surface area (Å²) in [7, 11) is 0. The highest BCUT2D eigenvalue weighted by Gasteiger charge is 2.26. The topological polar surface area (TPSA) is 157 Å². The minimum Gasteiger partial charge on any atom is -0.462 e. The summed E-state index contributed by atoms with van der Waals surface area (Å²) in [5.74, 6) is -2.50. The SMILES string of the molecule is NC1COC(=O)[C@@H](N)COC(=O)[C@@H](N)COC1=O. The van der Waals surface area contributed by atoms with Gasteiger partial charge in [-0.3, -0.25) is 14.4 Å². The number of hydrogen-bond donors (Lipinski definition) is 3. The number of rotatable bonds is 0. The Morgan fingerprint density at radius 2 is 0.889 bits per heavy atom. The first-order valence-electron chi connectivity index (χ1n) is 5.18. The molecule has 1 aliphatic heterocycles. The smallest absolute Gasteiger partial charge is 0.326 e. The summed E-state index contributed by atoms with van der Waals surface area (Å²) in [6.45, 7) is -1.10. The number of carbonyl (C=O) groups excluding carboxylic acids is 3. The van der Waals surface area contributed by atoms with Gasteiger partial charge in [0.2, 0.25) is 0 Å². The first-order valence-corrected chi connectivity index (χ1v) is 5.18. The van der Waals surface area contributed by atoms with Crippen LogP contribution in [0, 0.1) is 0 Å². The molecule has 0 bridgehead atoms. The molecule has 18 heavy (non-hydrogen) atoms. The maximum Gasteiger partial charge on any atom is 0.326 e. The van der Waals surface area contributed by atoms with Crippen molar-refractivity contribution in [2.45, 2.75) is 18.1 Å². The van der Waals surface area contributed by atoms with Crippen LogP contribution in [0.1, 0.15) is 0 Å². The van der Waals surface area contributed by atoms with Gasteiger partial charge < -0.3 is 31.4 Å². The molecule has 1 rings (SSSR count). The van der Waals surface area contributed by atoms with E-state index in [9.17, 15) is 14.4 Å². The van der Waals surface area contributed by atoms with Crippen molar-refractivity contribution in [2.24, 2.45) is 17.2 Å². The van der Waals surface area contributed by atoms with Gasteiger partial charge in [0.25, 0.3) is 0 Å². The van der Waals surface area contributed by atoms with Crippen LogP contribution in [0.3, 0.4) is 0 Å². The highest BCUT2D eigenvalue weighted by Crippen LogP contribution is 1.97. The predicted molar refractivity (Wildman–Crippen MR) is 56.8 cm³/mol. The van der Waals surface area contributed by atoms with E-state index >= 15 is 0 Å². The molecular weight excluding hydrogens is 246 g/mol. The molecule has 0 aromatic rings. The molecule has 0 amide bonds. The zero-order valence-electron chi connectivity index (χ0n) is 9.53. The first-order chi connectivity index (χ1) is 8.41. The van der Waals surface area contributed by atoms with Crippen LogP contribution in [0.2, 0.25) is 0 Å². The molecule has 0 aromatic heterocycles. The van der Waals surface area contributed by atoms with Crippen LogP contribution in [0.5, 0.6) is 0 Å². The van der Waals surface area contributed by atoms with E-state index in [1.807, 2.05) is 0 Å². The van der Waals surface area contributed by atoms with Crippen molar-refractivity contribution < 1.29 is 28.6 Å². The van der Waals surface area contributed by atoms with Crippen LogP contribution in [0.15, 0.2) is 0 Å². The van der Waals surface area contributed by atoms with Crippen LogP contribution in [0.4, 0.5) is 0 Å². The third-order valence-corrected chi connectivity index (χ3v) is 2.12. The quantitative estimate of drug-likeness (QED) is 0.298. The lowest BCUT2D eigenvalue weighted by atomic mass is 10.3. The number of nitrogens with two attached hydrogens (primary N) is 3. The van der Waals surface area contributed by atoms with Gasteiger partial charge in [0.05, 0.1) is 0 Å². The van der Waals surface area contributed by atoms with Gasteiger partial charge in [-0.2, -0.15) is 0 Å². The Labute approximate surface area is 102 Å². The van der Waals surface area contributed by atoms with Crippen LogP contribution >= 0.6 is 0 Å². The fourth-order valence-corrected chi connectivity index (χ4v) is 1.04. The lowest BCUT2D eigenvalue weighted by Crippen LogP contribution is -2.47. The Hall–Kier alpha value is -1.71. The molecule has 0 radical (unpaired) electrons. The van der Waals surface area contributed by atoms with Crippen molar-refractivity contribution in [3.05, 3.63) is 0 Å². The van der Waals surface area contributed by atoms with Crippen LogP contribution < -0.4 is 17.2 Å². The lowest BCUT2D eigenvalue weighted by Gasteiger charge is -2.18. The lowest BCUT2D eigenvalue weighted by molar-refractivity contribution is -0.159. The molecular formula is C9H15N3O6. The second-order valence-corrected chi connectivity index (χ2v) is 3.71. The average Bonchev–Trinajstić information content (AvgIpc) is 2.36. The van der Waals surface area contributed by atoms with Gasteiger partial charge in [0.1, 0.15) is 37.9 Å². The summed E-state index contributed by atoms with van der Waals surface area (Å²) < 4.78 is 14.0. The Morgan fingerprint density at radius 1 is 0.667 bits per heavy atom. The summed E-state index contributed by atoms with van der Waals surface area (Å²) in [6.07, 6.45) is 0. The average molecular weight is 261 g/mol. The fraction of sp³-hybridized carbons (Fsp3) is 0.667. The van der Waals surface area contributed by atoms with Crippen molar-refractivity contribution in [3.63, 3.8) is 0 Å². The Kier molecular flexibility index (Phi) is 5.01. The molecule has 9 heteroatoms. The van der Waals surface area contributed by atoms with E-state index in [1.165, 1.54) is 0 Å². The minimum atomic E-state index is -1.15. The highest BCUT2D eigenvalue weighted by atomic mass is 16.6. The van der Waals surface area contributed by atoms with E-state index in [0.717, 1.165) is 0 Å². The predicted octanol–water partition coefficient (Wildman–Crippen LogP) is -3.39. The van der Waals surface area contributed by atoms with Gasteiger partial charge in [-0.25, -0.2) is 0 Å². The van der Waals surface area contributed by atoms with Crippen LogP contribution in [-0.4, -0.2) is 55.9 Å². The summed E-state index contributed by atoms with van der Waals surface area (Å²) in [5, 5.41) is 0. The number of esters is 3. The van der Waals surface area contributed by atoms with E-state index in [2.05, 4.69) is 14.2 Å². The molecule has 0 spiro atoms. The van der Waals surface area contributed by atoms with E-state index in [1.54, 1.807) is 0 Å². The molecule has 102 valence electrons. The van der Waals surface area contributed by atoms with E-state index < -0.39 is 36.0 Å². The second kappa shape index (κ2) is 6.28. The second-order valence-electron chi connectivity index (χ2n) is 3.71. The van der Waals surface area contributed by atoms with Gasteiger partial charge in [-0.15, -0.1) is 0 Å². The van der Waals surface area contributed by atoms with Crippen molar-refractivity contribution in [2.75, 3.05) is 19.8 Å². The number of cyclic esters (lactones) is 3. The molecule has 9 nitrogen and oxygen atoms in total. The molecule has 0 aromatic carbocycles. The summed E-state index contributed by atoms with van der Waals surface area (Å²) >= 11 is 0. The van der Waals surface area contributed by atoms with Crippen LogP contribution in [-0.2, 0) is 28.6 Å². The third kappa shape index (κ3) is 3.95. The Morgan fingerprint density at radius 3 is 1.11 bits per heavy atom. The molecule has 1 saturated heterocycles. The van der Waals surface area contributed by atoms with E-state index in [-0.39, 0.29) is 19.8 Å². The zero-order chi connectivity index (χ0) is 13.7. The van der Waals surface area contributed by atoms with Crippen molar-refractivity contribution >= 4 is 17.9 Å². The van der Waals surface area contributed by atoms with Gasteiger partial charge in [0, 0.05) is 0 Å². The number of hydrogen-bond acceptors (Lipinski definition) is 9.